The molecule has 0 aliphatic heterocycles. The van der Waals surface area contributed by atoms with Crippen LogP contribution in [0.5, 0.6) is 0 Å². The van der Waals surface area contributed by atoms with E-state index in [9.17, 15) is 4.79 Å². The van der Waals surface area contributed by atoms with Gasteiger partial charge >= 0.3 is 5.69 Å². The van der Waals surface area contributed by atoms with E-state index in [1.165, 1.54) is 11.7 Å². The second-order valence-electron chi connectivity index (χ2n) is 0.635. The SMILES string of the molecule is O=c1[nH]s[nH]1. The molecule has 3 nitrogen and oxygen atoms in total. The summed E-state index contributed by atoms with van der Waals surface area (Å²) < 4.78 is 4.75. The molecule has 0 aliphatic rings. The largest absolute Gasteiger partial charge is 0.343 e. The van der Waals surface area contributed by atoms with E-state index in [1.807, 2.05) is 0 Å². The first-order valence-electron chi connectivity index (χ1n) is 1.11. The van der Waals surface area contributed by atoms with Crippen molar-refractivity contribution in [1.82, 2.24) is 8.75 Å². The van der Waals surface area contributed by atoms with E-state index in [2.05, 4.69) is 8.75 Å². The Morgan fingerprint density at radius 3 is 2.00 bits per heavy atom. The maximum atomic E-state index is 9.66. The van der Waals surface area contributed by atoms with Gasteiger partial charge in [0.1, 0.15) is 0 Å². The highest BCUT2D eigenvalue weighted by Crippen LogP contribution is 1.63. The van der Waals surface area contributed by atoms with E-state index in [1.54, 1.807) is 0 Å². The van der Waals surface area contributed by atoms with Crippen molar-refractivity contribution in [2.24, 2.45) is 0 Å². The maximum Gasteiger partial charge on any atom is 0.343 e. The van der Waals surface area contributed by atoms with Crippen LogP contribution >= 0.6 is 11.7 Å². The van der Waals surface area contributed by atoms with E-state index in [0.717, 1.165) is 0 Å². The van der Waals surface area contributed by atoms with Crippen molar-refractivity contribution in [2.45, 2.75) is 0 Å². The minimum Gasteiger partial charge on any atom is -0.248 e. The second-order valence-corrected chi connectivity index (χ2v) is 1.25. The van der Waals surface area contributed by atoms with Gasteiger partial charge in [-0.15, -0.1) is 0 Å². The molecule has 2 N–H and O–H groups in total. The first-order valence-corrected chi connectivity index (χ1v) is 1.93. The third kappa shape index (κ3) is 0.257. The number of hydrogen-bond donors (Lipinski definition) is 2. The molecule has 0 fully saturated rings. The van der Waals surface area contributed by atoms with Crippen LogP contribution in [0.2, 0.25) is 0 Å². The summed E-state index contributed by atoms with van der Waals surface area (Å²) in [6.45, 7) is 0. The number of nitrogens with one attached hydrogen (secondary N) is 2. The maximum absolute atomic E-state index is 9.66. The Balaban J connectivity index is 3.29. The van der Waals surface area contributed by atoms with E-state index < -0.39 is 0 Å². The van der Waals surface area contributed by atoms with Crippen LogP contribution in [0.25, 0.3) is 0 Å². The van der Waals surface area contributed by atoms with Crippen LogP contribution in [-0.2, 0) is 0 Å². The summed E-state index contributed by atoms with van der Waals surface area (Å²) in [5.74, 6) is 0. The van der Waals surface area contributed by atoms with Crippen molar-refractivity contribution in [3.8, 4) is 0 Å². The number of hydrogen-bond acceptors (Lipinski definition) is 2. The Kier molecular flexibility index (Phi) is 0.390. The van der Waals surface area contributed by atoms with Gasteiger partial charge in [0.15, 0.2) is 0 Å². The molecule has 0 bridgehead atoms. The van der Waals surface area contributed by atoms with Gasteiger partial charge in [-0.25, -0.2) is 13.5 Å². The normalized spacial score (nSPS) is 8.80. The fourth-order valence-electron chi connectivity index (χ4n) is 0.0927. The lowest BCUT2D eigenvalue weighted by Crippen LogP contribution is -2.09. The standard InChI is InChI=1S/CH2N2OS/c4-1-2-5-3-1/h(H2,2,3,4). The molecule has 1 rings (SSSR count). The van der Waals surface area contributed by atoms with Gasteiger partial charge in [0.25, 0.3) is 0 Å². The van der Waals surface area contributed by atoms with E-state index in [-0.39, 0.29) is 5.69 Å². The topological polar surface area (TPSA) is 48.6 Å². The zero-order chi connectivity index (χ0) is 3.70. The summed E-state index contributed by atoms with van der Waals surface area (Å²) in [5.41, 5.74) is -0.102. The summed E-state index contributed by atoms with van der Waals surface area (Å²) in [4.78, 5) is 9.66. The summed E-state index contributed by atoms with van der Waals surface area (Å²) in [5, 5.41) is 0. The Morgan fingerprint density at radius 2 is 2.00 bits per heavy atom. The monoisotopic (exact) mass is 90.0 g/mol. The van der Waals surface area contributed by atoms with Crippen LogP contribution in [0.1, 0.15) is 0 Å². The van der Waals surface area contributed by atoms with Crippen LogP contribution < -0.4 is 5.69 Å². The van der Waals surface area contributed by atoms with Gasteiger partial charge in [0, 0.05) is 11.7 Å². The predicted molar refractivity (Wildman–Crippen MR) is 19.3 cm³/mol. The zero-order valence-corrected chi connectivity index (χ0v) is 3.13. The molecule has 0 aliphatic carbocycles. The molecule has 0 saturated heterocycles. The molecule has 0 unspecified atom stereocenters. The number of H-pyrrole nitrogens is 2. The predicted octanol–water partition coefficient (Wildman–Crippen LogP) is -0.235. The van der Waals surface area contributed by atoms with Crippen LogP contribution in [0, 0.1) is 0 Å². The number of rotatable bonds is 0. The van der Waals surface area contributed by atoms with Crippen molar-refractivity contribution < 1.29 is 0 Å². The van der Waals surface area contributed by atoms with Crippen molar-refractivity contribution in [3.63, 3.8) is 0 Å². The number of aromatic nitrogens is 2. The summed E-state index contributed by atoms with van der Waals surface area (Å²) in [6, 6.07) is 0. The fraction of sp³-hybridized carbons (Fsp3) is 0. The molecule has 5 heavy (non-hydrogen) atoms. The molecule has 0 radical (unpaired) electrons. The molecule has 0 aromatic carbocycles. The van der Waals surface area contributed by atoms with Gasteiger partial charge in [-0.1, -0.05) is 0 Å². The van der Waals surface area contributed by atoms with Gasteiger partial charge < -0.3 is 0 Å². The second kappa shape index (κ2) is 0.718. The lowest BCUT2D eigenvalue weighted by atomic mass is 11.4. The molecule has 0 atom stereocenters. The summed E-state index contributed by atoms with van der Waals surface area (Å²) >= 11 is 1.20. The lowest BCUT2D eigenvalue weighted by molar-refractivity contribution is 1.18. The number of aromatic amines is 2. The Labute approximate surface area is 31.9 Å². The molecule has 0 saturated carbocycles. The average Bonchev–Trinajstić information content (AvgIpc) is 1.30. The molecule has 28 valence electrons. The average molecular weight is 90.1 g/mol. The molecule has 4 heteroatoms. The quantitative estimate of drug-likeness (QED) is 0.454. The lowest BCUT2D eigenvalue weighted by Gasteiger charge is -1.75. The van der Waals surface area contributed by atoms with Gasteiger partial charge in [-0.3, -0.25) is 0 Å². The van der Waals surface area contributed by atoms with E-state index in [0.29, 0.717) is 0 Å². The minimum atomic E-state index is -0.102. The Bertz CT molecular complexity index is 124. The minimum absolute atomic E-state index is 0.102. The summed E-state index contributed by atoms with van der Waals surface area (Å²) in [7, 11) is 0. The molecule has 1 aromatic rings. The Hall–Kier alpha value is -0.510. The zero-order valence-electron chi connectivity index (χ0n) is 2.32. The van der Waals surface area contributed by atoms with Crippen molar-refractivity contribution >= 4 is 11.7 Å². The molecule has 0 spiro atoms. The van der Waals surface area contributed by atoms with E-state index >= 15 is 0 Å². The third-order valence-electron chi connectivity index (χ3n) is 0.287. The molecular weight excluding hydrogens is 88.1 g/mol. The van der Waals surface area contributed by atoms with Gasteiger partial charge in [0.2, 0.25) is 0 Å². The Morgan fingerprint density at radius 1 is 1.60 bits per heavy atom. The molecule has 1 aromatic heterocycles. The fourth-order valence-corrected chi connectivity index (χ4v) is 0.278. The van der Waals surface area contributed by atoms with Crippen LogP contribution in [0.15, 0.2) is 4.79 Å². The van der Waals surface area contributed by atoms with Crippen molar-refractivity contribution in [2.75, 3.05) is 0 Å². The van der Waals surface area contributed by atoms with Crippen molar-refractivity contribution in [3.05, 3.63) is 10.5 Å². The summed E-state index contributed by atoms with van der Waals surface area (Å²) in [6.07, 6.45) is 0. The van der Waals surface area contributed by atoms with Crippen LogP contribution in [-0.4, -0.2) is 8.75 Å². The van der Waals surface area contributed by atoms with E-state index in [4.69, 9.17) is 0 Å². The molecule has 1 heterocycles. The highest BCUT2D eigenvalue weighted by molar-refractivity contribution is 6.99. The van der Waals surface area contributed by atoms with Crippen LogP contribution in [0.4, 0.5) is 0 Å². The molecular formula is CH2N2OS. The first-order chi connectivity index (χ1) is 2.39. The highest BCUT2D eigenvalue weighted by atomic mass is 32.1. The third-order valence-corrected chi connectivity index (χ3v) is 0.862. The highest BCUT2D eigenvalue weighted by Gasteiger charge is 1.72. The smallest absolute Gasteiger partial charge is 0.248 e. The van der Waals surface area contributed by atoms with Gasteiger partial charge in [-0.2, -0.15) is 0 Å². The van der Waals surface area contributed by atoms with Crippen LogP contribution in [0.3, 0.4) is 0 Å². The van der Waals surface area contributed by atoms with Crippen molar-refractivity contribution in [1.29, 1.82) is 0 Å². The first kappa shape index (κ1) is 2.71. The van der Waals surface area contributed by atoms with Gasteiger partial charge in [-0.05, 0) is 0 Å². The van der Waals surface area contributed by atoms with Gasteiger partial charge in [0.05, 0.1) is 0 Å². The molecule has 0 amide bonds.